The predicted molar refractivity (Wildman–Crippen MR) is 68.6 cm³/mol. The summed E-state index contributed by atoms with van der Waals surface area (Å²) in [6.07, 6.45) is -0.591. The maximum absolute atomic E-state index is 5.94. The summed E-state index contributed by atoms with van der Waals surface area (Å²) in [6.45, 7) is 5.78. The molecule has 0 saturated carbocycles. The van der Waals surface area contributed by atoms with E-state index in [9.17, 15) is 0 Å². The van der Waals surface area contributed by atoms with Crippen molar-refractivity contribution in [3.8, 4) is 0 Å². The van der Waals surface area contributed by atoms with Crippen molar-refractivity contribution in [2.45, 2.75) is 38.1 Å². The fraction of sp³-hybridized carbons (Fsp3) is 0.500. The van der Waals surface area contributed by atoms with E-state index < -0.39 is 24.5 Å². The summed E-state index contributed by atoms with van der Waals surface area (Å²) in [5, 5.41) is 0. The van der Waals surface area contributed by atoms with Gasteiger partial charge in [-0.15, -0.1) is 0 Å². The van der Waals surface area contributed by atoms with Gasteiger partial charge in [0.05, 0.1) is 11.8 Å². The smallest absolute Gasteiger partial charge is 0.399 e. The lowest BCUT2D eigenvalue weighted by atomic mass is 9.79. The molecule has 92 valence electrons. The molecule has 0 radical (unpaired) electrons. The molecule has 4 N–H and O–H groups in total. The number of hydrogen-bond donors (Lipinski definition) is 2. The Morgan fingerprint density at radius 2 is 1.65 bits per heavy atom. The van der Waals surface area contributed by atoms with E-state index in [4.69, 9.17) is 20.8 Å². The fourth-order valence-electron chi connectivity index (χ4n) is 2.00. The molecule has 0 aliphatic carbocycles. The molecule has 1 saturated heterocycles. The number of nitrogens with two attached hydrogens (primary N) is 2. The Bertz CT molecular complexity index is 397. The molecule has 1 heterocycles. The van der Waals surface area contributed by atoms with Crippen molar-refractivity contribution >= 4 is 12.6 Å². The molecule has 0 bridgehead atoms. The second-order valence-electron chi connectivity index (χ2n) is 5.12. The minimum atomic E-state index is -0.701. The minimum absolute atomic E-state index is 0.411. The molecule has 1 atom stereocenters. The standard InChI is InChI=1S/C12H19BN2O2/c1-11(2)12(3,10(14)15)17-13(16-11)9-7-5-4-6-8-9/h4-8,10H,14-15H2,1-3H3. The van der Waals surface area contributed by atoms with Crippen LogP contribution >= 0.6 is 0 Å². The molecule has 1 aromatic rings. The molecule has 0 spiro atoms. The number of hydrogen-bond acceptors (Lipinski definition) is 4. The molecule has 1 unspecified atom stereocenters. The Morgan fingerprint density at radius 3 is 2.12 bits per heavy atom. The summed E-state index contributed by atoms with van der Waals surface area (Å²) in [6, 6.07) is 9.79. The first-order chi connectivity index (χ1) is 7.87. The van der Waals surface area contributed by atoms with Gasteiger partial charge < -0.3 is 20.8 Å². The molecule has 0 aromatic heterocycles. The van der Waals surface area contributed by atoms with Crippen LogP contribution in [0.3, 0.4) is 0 Å². The Kier molecular flexibility index (Phi) is 3.03. The van der Waals surface area contributed by atoms with E-state index in [1.807, 2.05) is 51.1 Å². The van der Waals surface area contributed by atoms with Gasteiger partial charge in [-0.1, -0.05) is 30.3 Å². The van der Waals surface area contributed by atoms with E-state index in [0.29, 0.717) is 0 Å². The summed E-state index contributed by atoms with van der Waals surface area (Å²) in [5.41, 5.74) is 11.4. The third kappa shape index (κ3) is 2.00. The lowest BCUT2D eigenvalue weighted by molar-refractivity contribution is -0.0269. The van der Waals surface area contributed by atoms with Crippen LogP contribution in [0.2, 0.25) is 0 Å². The molecule has 5 heteroatoms. The maximum atomic E-state index is 5.94. The van der Waals surface area contributed by atoms with Gasteiger partial charge in [0, 0.05) is 0 Å². The highest BCUT2D eigenvalue weighted by atomic mass is 16.7. The van der Waals surface area contributed by atoms with Gasteiger partial charge in [0.25, 0.3) is 0 Å². The van der Waals surface area contributed by atoms with Crippen molar-refractivity contribution in [3.63, 3.8) is 0 Å². The SMILES string of the molecule is CC1(C)OB(c2ccccc2)OC1(C)C(N)N. The lowest BCUT2D eigenvalue weighted by Gasteiger charge is -2.39. The topological polar surface area (TPSA) is 70.5 Å². The summed E-state index contributed by atoms with van der Waals surface area (Å²) >= 11 is 0. The Balaban J connectivity index is 2.28. The molecule has 4 nitrogen and oxygen atoms in total. The summed E-state index contributed by atoms with van der Waals surface area (Å²) in [7, 11) is -0.411. The summed E-state index contributed by atoms with van der Waals surface area (Å²) in [4.78, 5) is 0. The largest absolute Gasteiger partial charge is 0.494 e. The highest BCUT2D eigenvalue weighted by Crippen LogP contribution is 2.37. The van der Waals surface area contributed by atoms with E-state index in [0.717, 1.165) is 5.46 Å². The van der Waals surface area contributed by atoms with Crippen LogP contribution in [0.4, 0.5) is 0 Å². The van der Waals surface area contributed by atoms with Gasteiger partial charge in [-0.2, -0.15) is 0 Å². The van der Waals surface area contributed by atoms with Gasteiger partial charge in [0.2, 0.25) is 0 Å². The minimum Gasteiger partial charge on any atom is -0.399 e. The maximum Gasteiger partial charge on any atom is 0.494 e. The summed E-state index contributed by atoms with van der Waals surface area (Å²) < 4.78 is 11.9. The molecule has 17 heavy (non-hydrogen) atoms. The molecule has 1 aliphatic heterocycles. The van der Waals surface area contributed by atoms with Crippen LogP contribution in [-0.4, -0.2) is 24.5 Å². The Labute approximate surface area is 102 Å². The van der Waals surface area contributed by atoms with Gasteiger partial charge in [0.1, 0.15) is 5.60 Å². The molecule has 1 aliphatic rings. The van der Waals surface area contributed by atoms with Crippen molar-refractivity contribution in [1.82, 2.24) is 0 Å². The van der Waals surface area contributed by atoms with Gasteiger partial charge in [-0.25, -0.2) is 0 Å². The average molecular weight is 234 g/mol. The van der Waals surface area contributed by atoms with Crippen molar-refractivity contribution in [3.05, 3.63) is 30.3 Å². The molecular weight excluding hydrogens is 215 g/mol. The predicted octanol–water partition coefficient (Wildman–Crippen LogP) is 0.209. The molecular formula is C12H19BN2O2. The first-order valence-electron chi connectivity index (χ1n) is 5.78. The zero-order valence-electron chi connectivity index (χ0n) is 10.5. The van der Waals surface area contributed by atoms with Crippen LogP contribution in [0.1, 0.15) is 20.8 Å². The normalized spacial score (nSPS) is 27.8. The number of benzene rings is 1. The third-order valence-corrected chi connectivity index (χ3v) is 3.66. The van der Waals surface area contributed by atoms with Crippen molar-refractivity contribution in [2.75, 3.05) is 0 Å². The Morgan fingerprint density at radius 1 is 1.06 bits per heavy atom. The molecule has 1 aromatic carbocycles. The highest BCUT2D eigenvalue weighted by Gasteiger charge is 2.56. The van der Waals surface area contributed by atoms with Crippen LogP contribution in [0, 0.1) is 0 Å². The Hall–Kier alpha value is -0.875. The van der Waals surface area contributed by atoms with Gasteiger partial charge >= 0.3 is 7.12 Å². The first kappa shape index (κ1) is 12.6. The zero-order chi connectivity index (χ0) is 12.7. The van der Waals surface area contributed by atoms with E-state index in [2.05, 4.69) is 0 Å². The van der Waals surface area contributed by atoms with Gasteiger partial charge in [-0.05, 0) is 26.2 Å². The fourth-order valence-corrected chi connectivity index (χ4v) is 2.00. The van der Waals surface area contributed by atoms with E-state index in [1.165, 1.54) is 0 Å². The van der Waals surface area contributed by atoms with Crippen molar-refractivity contribution < 1.29 is 9.31 Å². The van der Waals surface area contributed by atoms with Crippen LogP contribution in [0.5, 0.6) is 0 Å². The van der Waals surface area contributed by atoms with E-state index in [-0.39, 0.29) is 0 Å². The second-order valence-corrected chi connectivity index (χ2v) is 5.12. The van der Waals surface area contributed by atoms with Crippen molar-refractivity contribution in [1.29, 1.82) is 0 Å². The van der Waals surface area contributed by atoms with Crippen LogP contribution in [0.25, 0.3) is 0 Å². The van der Waals surface area contributed by atoms with Gasteiger partial charge in [-0.3, -0.25) is 0 Å². The monoisotopic (exact) mass is 234 g/mol. The van der Waals surface area contributed by atoms with Gasteiger partial charge in [0.15, 0.2) is 0 Å². The molecule has 0 amide bonds. The van der Waals surface area contributed by atoms with E-state index in [1.54, 1.807) is 0 Å². The van der Waals surface area contributed by atoms with Crippen molar-refractivity contribution in [2.24, 2.45) is 11.5 Å². The van der Waals surface area contributed by atoms with Crippen LogP contribution < -0.4 is 16.9 Å². The average Bonchev–Trinajstić information content (AvgIpc) is 2.52. The van der Waals surface area contributed by atoms with Crippen LogP contribution in [-0.2, 0) is 9.31 Å². The third-order valence-electron chi connectivity index (χ3n) is 3.66. The molecule has 2 rings (SSSR count). The lowest BCUT2D eigenvalue weighted by Crippen LogP contribution is -2.61. The zero-order valence-corrected chi connectivity index (χ0v) is 10.5. The quantitative estimate of drug-likeness (QED) is 0.566. The highest BCUT2D eigenvalue weighted by molar-refractivity contribution is 6.62. The summed E-state index contributed by atoms with van der Waals surface area (Å²) in [5.74, 6) is 0. The van der Waals surface area contributed by atoms with E-state index >= 15 is 0 Å². The number of rotatable bonds is 2. The van der Waals surface area contributed by atoms with Crippen LogP contribution in [0.15, 0.2) is 30.3 Å². The molecule has 1 fully saturated rings. The first-order valence-corrected chi connectivity index (χ1v) is 5.78. The second kappa shape index (κ2) is 4.10.